The number of nitrogens with zero attached hydrogens (tertiary/aromatic N) is 3. The molecule has 2 aromatic carbocycles. The van der Waals surface area contributed by atoms with E-state index < -0.39 is 20.4 Å². The molecule has 0 aromatic heterocycles. The summed E-state index contributed by atoms with van der Waals surface area (Å²) in [4.78, 5) is 4.37. The number of hydrogen-bond acceptors (Lipinski definition) is 2. The Balaban J connectivity index is 2.12. The van der Waals surface area contributed by atoms with Gasteiger partial charge in [0, 0.05) is 0 Å². The van der Waals surface area contributed by atoms with Crippen molar-refractivity contribution in [3.63, 3.8) is 0 Å². The van der Waals surface area contributed by atoms with Gasteiger partial charge < -0.3 is 0 Å². The molecule has 2 aromatic rings. The van der Waals surface area contributed by atoms with Gasteiger partial charge in [-0.2, -0.15) is 0 Å². The van der Waals surface area contributed by atoms with Crippen molar-refractivity contribution in [2.75, 3.05) is 52.1 Å². The van der Waals surface area contributed by atoms with Gasteiger partial charge in [0.25, 0.3) is 0 Å². The number of fused-ring (bicyclic) bond motifs is 2. The van der Waals surface area contributed by atoms with E-state index in [4.69, 9.17) is 0 Å². The molecule has 29 heavy (non-hydrogen) atoms. The van der Waals surface area contributed by atoms with E-state index in [0.29, 0.717) is 0 Å². The van der Waals surface area contributed by atoms with Crippen LogP contribution in [0.4, 0.5) is 11.4 Å². The molecule has 0 spiro atoms. The maximum absolute atomic E-state index is 2.40. The van der Waals surface area contributed by atoms with Crippen LogP contribution in [0.5, 0.6) is 0 Å². The van der Waals surface area contributed by atoms with Crippen LogP contribution in [0.25, 0.3) is 29.1 Å². The SMILES string of the molecule is CN(C)c1cccc(-c2c3ccc(=[N+](C)C)cc-3[te]c3cc(N(C)C)ccc23)c1. The van der Waals surface area contributed by atoms with Crippen molar-refractivity contribution in [1.29, 1.82) is 0 Å². The van der Waals surface area contributed by atoms with Crippen molar-refractivity contribution in [2.24, 2.45) is 0 Å². The quantitative estimate of drug-likeness (QED) is 0.242. The molecular formula is C25H28N3Te+. The summed E-state index contributed by atoms with van der Waals surface area (Å²) in [6.45, 7) is 0. The summed E-state index contributed by atoms with van der Waals surface area (Å²) in [6.07, 6.45) is 0. The Bertz CT molecular complexity index is 1230. The third kappa shape index (κ3) is 3.80. The van der Waals surface area contributed by atoms with Crippen molar-refractivity contribution in [2.45, 2.75) is 0 Å². The Morgan fingerprint density at radius 1 is 0.759 bits per heavy atom. The molecule has 0 amide bonds. The zero-order valence-corrected chi connectivity index (χ0v) is 20.4. The topological polar surface area (TPSA) is 9.49 Å². The van der Waals surface area contributed by atoms with Crippen LogP contribution in [-0.2, 0) is 0 Å². The Labute approximate surface area is 183 Å². The molecule has 0 fully saturated rings. The molecule has 0 saturated heterocycles. The van der Waals surface area contributed by atoms with Crippen LogP contribution in [0, 0.1) is 0 Å². The van der Waals surface area contributed by atoms with E-state index in [1.54, 1.807) is 0 Å². The first-order valence-electron chi connectivity index (χ1n) is 9.81. The van der Waals surface area contributed by atoms with E-state index in [1.165, 1.54) is 45.8 Å². The molecule has 2 aliphatic rings. The summed E-state index contributed by atoms with van der Waals surface area (Å²) in [6, 6.07) is 22.9. The van der Waals surface area contributed by atoms with Crippen LogP contribution >= 0.6 is 0 Å². The summed E-state index contributed by atoms with van der Waals surface area (Å²) in [5, 5.41) is 2.68. The van der Waals surface area contributed by atoms with E-state index in [-0.39, 0.29) is 0 Å². The Morgan fingerprint density at radius 2 is 1.48 bits per heavy atom. The van der Waals surface area contributed by atoms with Crippen molar-refractivity contribution < 1.29 is 0 Å². The predicted octanol–water partition coefficient (Wildman–Crippen LogP) is 3.83. The zero-order chi connectivity index (χ0) is 20.7. The molecule has 0 radical (unpaired) electrons. The van der Waals surface area contributed by atoms with Crippen LogP contribution < -0.4 is 19.7 Å². The molecule has 0 atom stereocenters. The number of benzene rings is 3. The van der Waals surface area contributed by atoms with Crippen molar-refractivity contribution in [1.82, 2.24) is 4.58 Å². The molecule has 0 saturated carbocycles. The van der Waals surface area contributed by atoms with Crippen LogP contribution in [0.1, 0.15) is 0 Å². The van der Waals surface area contributed by atoms with E-state index in [1.807, 2.05) is 0 Å². The fraction of sp³-hybridized carbons (Fsp3) is 0.240. The van der Waals surface area contributed by atoms with Gasteiger partial charge in [-0.05, 0) is 0 Å². The van der Waals surface area contributed by atoms with Gasteiger partial charge in [0.2, 0.25) is 0 Å². The summed E-state index contributed by atoms with van der Waals surface area (Å²) < 4.78 is 5.25. The van der Waals surface area contributed by atoms with Gasteiger partial charge in [0.15, 0.2) is 0 Å². The molecule has 3 nitrogen and oxygen atoms in total. The monoisotopic (exact) mass is 500 g/mol. The molecule has 4 heteroatoms. The van der Waals surface area contributed by atoms with Crippen LogP contribution in [0.3, 0.4) is 0 Å². The number of rotatable bonds is 3. The molecule has 0 bridgehead atoms. The molecule has 148 valence electrons. The van der Waals surface area contributed by atoms with E-state index >= 15 is 0 Å². The molecule has 1 aliphatic heterocycles. The van der Waals surface area contributed by atoms with Gasteiger partial charge in [-0.25, -0.2) is 0 Å². The molecule has 1 aliphatic carbocycles. The van der Waals surface area contributed by atoms with Crippen LogP contribution in [-0.4, -0.2) is 62.7 Å². The first kappa shape index (κ1) is 20.0. The van der Waals surface area contributed by atoms with Gasteiger partial charge in [-0.1, -0.05) is 0 Å². The average Bonchev–Trinajstić information content (AvgIpc) is 2.71. The van der Waals surface area contributed by atoms with Gasteiger partial charge in [-0.3, -0.25) is 0 Å². The Hall–Kier alpha value is -2.28. The molecule has 1 heterocycles. The van der Waals surface area contributed by atoms with Gasteiger partial charge >= 0.3 is 184 Å². The fourth-order valence-corrected chi connectivity index (χ4v) is 6.97. The summed E-state index contributed by atoms with van der Waals surface area (Å²) >= 11 is -0.451. The molecule has 4 rings (SSSR count). The average molecular weight is 498 g/mol. The van der Waals surface area contributed by atoms with E-state index in [0.717, 1.165) is 0 Å². The Morgan fingerprint density at radius 3 is 2.17 bits per heavy atom. The summed E-state index contributed by atoms with van der Waals surface area (Å²) in [7, 11) is 12.7. The van der Waals surface area contributed by atoms with E-state index in [2.05, 4.69) is 117 Å². The molecular weight excluding hydrogens is 470 g/mol. The van der Waals surface area contributed by atoms with Crippen molar-refractivity contribution >= 4 is 40.6 Å². The summed E-state index contributed by atoms with van der Waals surface area (Å²) in [5.41, 5.74) is 6.57. The normalized spacial score (nSPS) is 11.1. The number of anilines is 2. The van der Waals surface area contributed by atoms with Crippen LogP contribution in [0.15, 0.2) is 60.7 Å². The van der Waals surface area contributed by atoms with Gasteiger partial charge in [0.05, 0.1) is 0 Å². The van der Waals surface area contributed by atoms with Crippen molar-refractivity contribution in [3.8, 4) is 20.3 Å². The maximum atomic E-state index is 2.40. The number of hydrogen-bond donors (Lipinski definition) is 0. The third-order valence-corrected chi connectivity index (χ3v) is 8.56. The fourth-order valence-electron chi connectivity index (χ4n) is 3.67. The van der Waals surface area contributed by atoms with Gasteiger partial charge in [0.1, 0.15) is 0 Å². The third-order valence-electron chi connectivity index (χ3n) is 5.37. The molecule has 0 unspecified atom stereocenters. The minimum absolute atomic E-state index is 0.451. The molecule has 0 N–H and O–H groups in total. The second-order valence-corrected chi connectivity index (χ2v) is 11.2. The van der Waals surface area contributed by atoms with E-state index in [9.17, 15) is 0 Å². The van der Waals surface area contributed by atoms with Crippen molar-refractivity contribution in [3.05, 3.63) is 66.0 Å². The first-order valence-corrected chi connectivity index (χ1v) is 12.1. The second kappa shape index (κ2) is 7.86. The summed E-state index contributed by atoms with van der Waals surface area (Å²) in [5.74, 6) is 0. The minimum atomic E-state index is -0.451. The second-order valence-electron chi connectivity index (χ2n) is 8.07. The first-order chi connectivity index (χ1) is 13.8. The van der Waals surface area contributed by atoms with Crippen LogP contribution in [0.2, 0.25) is 0 Å². The standard InChI is InChI=1S/C25H28N3Te/c1-26(2)18-9-7-8-17(14-18)25-21-12-10-19(27(3)4)15-23(21)29-24-16-20(28(5)6)11-13-22(24)25/h7-16H,1-6H3/q+1. The Kier molecular flexibility index (Phi) is 5.42. The predicted molar refractivity (Wildman–Crippen MR) is 129 cm³/mol. The van der Waals surface area contributed by atoms with Gasteiger partial charge in [-0.15, -0.1) is 0 Å². The zero-order valence-electron chi connectivity index (χ0n) is 18.0.